The van der Waals surface area contributed by atoms with Crippen LogP contribution in [-0.2, 0) is 0 Å². The van der Waals surface area contributed by atoms with E-state index in [0.717, 1.165) is 0 Å². The first-order valence-electron chi connectivity index (χ1n) is 5.54. The minimum absolute atomic E-state index is 0.0275. The van der Waals surface area contributed by atoms with E-state index in [0.29, 0.717) is 5.56 Å². The van der Waals surface area contributed by atoms with Crippen LogP contribution in [-0.4, -0.2) is 21.3 Å². The lowest BCUT2D eigenvalue weighted by Gasteiger charge is -2.15. The molecule has 19 heavy (non-hydrogen) atoms. The van der Waals surface area contributed by atoms with E-state index in [1.54, 1.807) is 12.1 Å². The number of para-hydroxylation sites is 1. The molecule has 0 aliphatic heterocycles. The Bertz CT molecular complexity index is 577. The topological polar surface area (TPSA) is 87.0 Å². The monoisotopic (exact) mass is 260 g/mol. The van der Waals surface area contributed by atoms with E-state index in [-0.39, 0.29) is 17.1 Å². The third kappa shape index (κ3) is 3.02. The fraction of sp³-hybridized carbons (Fsp3) is 0.0714. The van der Waals surface area contributed by atoms with Gasteiger partial charge in [0.15, 0.2) is 0 Å². The number of hydrogen-bond donors (Lipinski definition) is 3. The number of ether oxygens (including phenoxy) is 1. The molecule has 2 aromatic carbocycles. The molecule has 0 amide bonds. The first-order valence-corrected chi connectivity index (χ1v) is 5.54. The van der Waals surface area contributed by atoms with Crippen LogP contribution in [0.5, 0.6) is 11.5 Å². The first kappa shape index (κ1) is 12.9. The SMILES string of the molecule is O=C(O)c1ccccc1OC(O)c1ccc(O)cc1. The molecule has 0 saturated carbocycles. The Morgan fingerprint density at radius 1 is 1.05 bits per heavy atom. The zero-order valence-corrected chi connectivity index (χ0v) is 9.85. The summed E-state index contributed by atoms with van der Waals surface area (Å²) in [4.78, 5) is 11.0. The molecule has 0 spiro atoms. The van der Waals surface area contributed by atoms with Crippen LogP contribution < -0.4 is 4.74 Å². The lowest BCUT2D eigenvalue weighted by atomic mass is 10.2. The summed E-state index contributed by atoms with van der Waals surface area (Å²) >= 11 is 0. The summed E-state index contributed by atoms with van der Waals surface area (Å²) in [6.07, 6.45) is -1.30. The highest BCUT2D eigenvalue weighted by molar-refractivity contribution is 5.90. The lowest BCUT2D eigenvalue weighted by molar-refractivity contribution is -0.0201. The van der Waals surface area contributed by atoms with E-state index < -0.39 is 12.3 Å². The third-order valence-electron chi connectivity index (χ3n) is 2.53. The molecular formula is C14H12O5. The van der Waals surface area contributed by atoms with Crippen molar-refractivity contribution in [2.75, 3.05) is 0 Å². The van der Waals surface area contributed by atoms with Crippen molar-refractivity contribution in [2.45, 2.75) is 6.29 Å². The maximum atomic E-state index is 11.0. The van der Waals surface area contributed by atoms with E-state index in [2.05, 4.69) is 0 Å². The molecule has 98 valence electrons. The van der Waals surface area contributed by atoms with Gasteiger partial charge in [-0.15, -0.1) is 0 Å². The smallest absolute Gasteiger partial charge is 0.339 e. The summed E-state index contributed by atoms with van der Waals surface area (Å²) in [6.45, 7) is 0. The van der Waals surface area contributed by atoms with Gasteiger partial charge < -0.3 is 20.1 Å². The van der Waals surface area contributed by atoms with Crippen LogP contribution in [0, 0.1) is 0 Å². The summed E-state index contributed by atoms with van der Waals surface area (Å²) in [5.41, 5.74) is 0.387. The predicted molar refractivity (Wildman–Crippen MR) is 67.1 cm³/mol. The van der Waals surface area contributed by atoms with E-state index in [4.69, 9.17) is 14.9 Å². The number of hydrogen-bond acceptors (Lipinski definition) is 4. The van der Waals surface area contributed by atoms with Crippen molar-refractivity contribution in [2.24, 2.45) is 0 Å². The van der Waals surface area contributed by atoms with Gasteiger partial charge in [0, 0.05) is 5.56 Å². The molecule has 5 heteroatoms. The van der Waals surface area contributed by atoms with Gasteiger partial charge in [-0.2, -0.15) is 0 Å². The molecular weight excluding hydrogens is 248 g/mol. The molecule has 2 rings (SSSR count). The fourth-order valence-corrected chi connectivity index (χ4v) is 1.57. The second-order valence-electron chi connectivity index (χ2n) is 3.86. The van der Waals surface area contributed by atoms with Crippen molar-refractivity contribution in [1.82, 2.24) is 0 Å². The normalized spacial score (nSPS) is 11.8. The highest BCUT2D eigenvalue weighted by atomic mass is 16.6. The summed E-state index contributed by atoms with van der Waals surface area (Å²) in [7, 11) is 0. The number of aromatic carboxylic acids is 1. The summed E-state index contributed by atoms with van der Waals surface area (Å²) < 4.78 is 5.23. The van der Waals surface area contributed by atoms with E-state index >= 15 is 0 Å². The van der Waals surface area contributed by atoms with Crippen molar-refractivity contribution in [3.8, 4) is 11.5 Å². The van der Waals surface area contributed by atoms with Crippen LogP contribution in [0.2, 0.25) is 0 Å². The van der Waals surface area contributed by atoms with Crippen molar-refractivity contribution in [3.63, 3.8) is 0 Å². The van der Waals surface area contributed by atoms with Crippen LogP contribution in [0.15, 0.2) is 48.5 Å². The number of aromatic hydroxyl groups is 1. The number of aliphatic hydroxyl groups is 1. The van der Waals surface area contributed by atoms with E-state index in [9.17, 15) is 9.90 Å². The summed E-state index contributed by atoms with van der Waals surface area (Å²) in [5, 5.41) is 28.0. The third-order valence-corrected chi connectivity index (χ3v) is 2.53. The molecule has 5 nitrogen and oxygen atoms in total. The first-order chi connectivity index (χ1) is 9.08. The Morgan fingerprint density at radius 3 is 2.32 bits per heavy atom. The second kappa shape index (κ2) is 5.41. The molecule has 0 heterocycles. The van der Waals surface area contributed by atoms with Crippen molar-refractivity contribution < 1.29 is 24.9 Å². The van der Waals surface area contributed by atoms with E-state index in [1.807, 2.05) is 0 Å². The van der Waals surface area contributed by atoms with Gasteiger partial charge in [0.25, 0.3) is 0 Å². The molecule has 0 aromatic heterocycles. The highest BCUT2D eigenvalue weighted by Crippen LogP contribution is 2.24. The predicted octanol–water partition coefficient (Wildman–Crippen LogP) is 2.16. The second-order valence-corrected chi connectivity index (χ2v) is 3.86. The number of phenolic OH excluding ortho intramolecular Hbond substituents is 1. The molecule has 1 atom stereocenters. The maximum Gasteiger partial charge on any atom is 0.339 e. The minimum Gasteiger partial charge on any atom is -0.508 e. The lowest BCUT2D eigenvalue weighted by Crippen LogP contribution is -2.09. The number of carboxylic acids is 1. The standard InChI is InChI=1S/C14H12O5/c15-10-7-5-9(6-8-10)14(18)19-12-4-2-1-3-11(12)13(16)17/h1-8,14-15,18H,(H,16,17). The van der Waals surface area contributed by atoms with Gasteiger partial charge in [-0.25, -0.2) is 4.79 Å². The van der Waals surface area contributed by atoms with Crippen LogP contribution in [0.1, 0.15) is 22.2 Å². The molecule has 2 aromatic rings. The van der Waals surface area contributed by atoms with Gasteiger partial charge in [-0.1, -0.05) is 12.1 Å². The van der Waals surface area contributed by atoms with Crippen LogP contribution >= 0.6 is 0 Å². The number of phenols is 1. The number of rotatable bonds is 4. The van der Waals surface area contributed by atoms with Gasteiger partial charge in [-0.3, -0.25) is 0 Å². The van der Waals surface area contributed by atoms with Crippen molar-refractivity contribution in [3.05, 3.63) is 59.7 Å². The molecule has 0 saturated heterocycles. The van der Waals surface area contributed by atoms with Gasteiger partial charge in [0.05, 0.1) is 0 Å². The Hall–Kier alpha value is -2.53. The Labute approximate surface area is 109 Å². The van der Waals surface area contributed by atoms with Gasteiger partial charge >= 0.3 is 5.97 Å². The van der Waals surface area contributed by atoms with Crippen LogP contribution in [0.25, 0.3) is 0 Å². The summed E-state index contributed by atoms with van der Waals surface area (Å²) in [5.74, 6) is -0.981. The number of aliphatic hydroxyl groups excluding tert-OH is 1. The maximum absolute atomic E-state index is 11.0. The van der Waals surface area contributed by atoms with Crippen molar-refractivity contribution >= 4 is 5.97 Å². The Kier molecular flexibility index (Phi) is 3.68. The average Bonchev–Trinajstić information content (AvgIpc) is 2.39. The number of benzene rings is 2. The number of carbonyl (C=O) groups is 1. The molecule has 1 unspecified atom stereocenters. The van der Waals surface area contributed by atoms with Crippen LogP contribution in [0.4, 0.5) is 0 Å². The average molecular weight is 260 g/mol. The Balaban J connectivity index is 2.21. The summed E-state index contributed by atoms with van der Waals surface area (Å²) in [6, 6.07) is 11.8. The number of carboxylic acid groups (broad SMARTS) is 1. The van der Waals surface area contributed by atoms with Crippen molar-refractivity contribution in [1.29, 1.82) is 0 Å². The molecule has 0 aliphatic rings. The Morgan fingerprint density at radius 2 is 1.68 bits per heavy atom. The zero-order chi connectivity index (χ0) is 13.8. The quantitative estimate of drug-likeness (QED) is 0.733. The van der Waals surface area contributed by atoms with Gasteiger partial charge in [0.1, 0.15) is 17.1 Å². The van der Waals surface area contributed by atoms with E-state index in [1.165, 1.54) is 36.4 Å². The highest BCUT2D eigenvalue weighted by Gasteiger charge is 2.15. The van der Waals surface area contributed by atoms with Crippen LogP contribution in [0.3, 0.4) is 0 Å². The zero-order valence-electron chi connectivity index (χ0n) is 9.85. The van der Waals surface area contributed by atoms with Gasteiger partial charge in [-0.05, 0) is 36.4 Å². The minimum atomic E-state index is -1.30. The molecule has 0 bridgehead atoms. The molecule has 0 fully saturated rings. The molecule has 3 N–H and O–H groups in total. The largest absolute Gasteiger partial charge is 0.508 e. The molecule has 0 aliphatic carbocycles. The fourth-order valence-electron chi connectivity index (χ4n) is 1.57. The van der Waals surface area contributed by atoms with Gasteiger partial charge in [0.2, 0.25) is 6.29 Å². The molecule has 0 radical (unpaired) electrons.